The summed E-state index contributed by atoms with van der Waals surface area (Å²) in [6.45, 7) is 0. The van der Waals surface area contributed by atoms with Gasteiger partial charge in [0.2, 0.25) is 0 Å². The fourth-order valence-electron chi connectivity index (χ4n) is 1.24. The Labute approximate surface area is 82.6 Å². The Morgan fingerprint density at radius 3 is 2.86 bits per heavy atom. The third-order valence-electron chi connectivity index (χ3n) is 1.93. The number of thiophene rings is 1. The van der Waals surface area contributed by atoms with E-state index in [1.165, 1.54) is 17.5 Å². The number of carbonyl (C=O) groups is 1. The maximum atomic E-state index is 13.1. The van der Waals surface area contributed by atoms with E-state index in [0.717, 1.165) is 11.3 Å². The molecular formula is C9H6FNO2S. The third kappa shape index (κ3) is 1.22. The molecule has 3 N–H and O–H groups in total. The number of nitrogens with two attached hydrogens (primary N) is 1. The van der Waals surface area contributed by atoms with E-state index in [4.69, 9.17) is 10.8 Å². The van der Waals surface area contributed by atoms with Gasteiger partial charge in [0.1, 0.15) is 5.82 Å². The maximum Gasteiger partial charge on any atom is 0.337 e. The number of anilines is 1. The number of halogens is 1. The number of nitrogen functional groups attached to an aromatic ring is 1. The lowest BCUT2D eigenvalue weighted by Crippen LogP contribution is -2.01. The van der Waals surface area contributed by atoms with Gasteiger partial charge in [0.15, 0.2) is 0 Å². The van der Waals surface area contributed by atoms with Gasteiger partial charge >= 0.3 is 5.97 Å². The first-order valence-corrected chi connectivity index (χ1v) is 4.67. The van der Waals surface area contributed by atoms with E-state index in [1.54, 1.807) is 0 Å². The lowest BCUT2D eigenvalue weighted by Gasteiger charge is -2.00. The molecule has 3 nitrogen and oxygen atoms in total. The summed E-state index contributed by atoms with van der Waals surface area (Å²) in [6, 6.07) is 2.74. The second-order valence-electron chi connectivity index (χ2n) is 2.82. The van der Waals surface area contributed by atoms with Crippen LogP contribution in [0, 0.1) is 5.82 Å². The van der Waals surface area contributed by atoms with Crippen LogP contribution in [-0.4, -0.2) is 11.1 Å². The molecule has 0 amide bonds. The average molecular weight is 211 g/mol. The molecule has 0 atom stereocenters. The zero-order chi connectivity index (χ0) is 10.3. The molecule has 0 saturated carbocycles. The first-order valence-electron chi connectivity index (χ1n) is 3.79. The van der Waals surface area contributed by atoms with E-state index < -0.39 is 5.97 Å². The molecule has 72 valence electrons. The Bertz CT molecular complexity index is 521. The highest BCUT2D eigenvalue weighted by molar-refractivity contribution is 7.17. The number of hydrogen-bond donors (Lipinski definition) is 2. The molecule has 0 aliphatic rings. The second-order valence-corrected chi connectivity index (χ2v) is 3.74. The quantitative estimate of drug-likeness (QED) is 0.711. The van der Waals surface area contributed by atoms with Gasteiger partial charge in [0.25, 0.3) is 0 Å². The van der Waals surface area contributed by atoms with Crippen molar-refractivity contribution in [1.82, 2.24) is 0 Å². The van der Waals surface area contributed by atoms with Gasteiger partial charge in [-0.2, -0.15) is 0 Å². The lowest BCUT2D eigenvalue weighted by molar-refractivity contribution is 0.0698. The highest BCUT2D eigenvalue weighted by Gasteiger charge is 2.12. The van der Waals surface area contributed by atoms with Gasteiger partial charge in [-0.25, -0.2) is 9.18 Å². The molecule has 0 aliphatic heterocycles. The molecule has 0 unspecified atom stereocenters. The average Bonchev–Trinajstić information content (AvgIpc) is 2.46. The summed E-state index contributed by atoms with van der Waals surface area (Å²) in [7, 11) is 0. The summed E-state index contributed by atoms with van der Waals surface area (Å²) in [4.78, 5) is 10.7. The smallest absolute Gasteiger partial charge is 0.337 e. The van der Waals surface area contributed by atoms with E-state index in [-0.39, 0.29) is 17.1 Å². The van der Waals surface area contributed by atoms with Crippen LogP contribution in [0.25, 0.3) is 10.1 Å². The summed E-state index contributed by atoms with van der Waals surface area (Å²) in [6.07, 6.45) is 0. The van der Waals surface area contributed by atoms with Crippen LogP contribution in [-0.2, 0) is 0 Å². The molecule has 0 aliphatic carbocycles. The Morgan fingerprint density at radius 1 is 1.50 bits per heavy atom. The van der Waals surface area contributed by atoms with Crippen molar-refractivity contribution < 1.29 is 14.3 Å². The molecule has 2 rings (SSSR count). The fraction of sp³-hybridized carbons (Fsp3) is 0. The van der Waals surface area contributed by atoms with Crippen LogP contribution in [0.15, 0.2) is 17.5 Å². The van der Waals surface area contributed by atoms with Crippen molar-refractivity contribution in [3.8, 4) is 0 Å². The summed E-state index contributed by atoms with van der Waals surface area (Å²) in [5.41, 5.74) is 5.57. The minimum absolute atomic E-state index is 0.0133. The first kappa shape index (κ1) is 8.96. The van der Waals surface area contributed by atoms with E-state index in [1.807, 2.05) is 0 Å². The van der Waals surface area contributed by atoms with E-state index in [0.29, 0.717) is 10.1 Å². The van der Waals surface area contributed by atoms with Crippen molar-refractivity contribution in [3.05, 3.63) is 28.9 Å². The van der Waals surface area contributed by atoms with Crippen LogP contribution in [0.4, 0.5) is 10.1 Å². The Hall–Kier alpha value is -1.62. The van der Waals surface area contributed by atoms with Gasteiger partial charge in [-0.3, -0.25) is 0 Å². The SMILES string of the molecule is Nc1cc2c(F)csc2cc1C(=O)O. The van der Waals surface area contributed by atoms with Crippen LogP contribution < -0.4 is 5.73 Å². The number of carboxylic acid groups (broad SMARTS) is 1. The highest BCUT2D eigenvalue weighted by Crippen LogP contribution is 2.29. The molecule has 1 aromatic heterocycles. The summed E-state index contributed by atoms with van der Waals surface area (Å²) >= 11 is 1.16. The van der Waals surface area contributed by atoms with E-state index in [2.05, 4.69) is 0 Å². The van der Waals surface area contributed by atoms with Gasteiger partial charge in [0, 0.05) is 21.2 Å². The summed E-state index contributed by atoms with van der Waals surface area (Å²) in [5.74, 6) is -1.47. The molecule has 14 heavy (non-hydrogen) atoms. The fourth-order valence-corrected chi connectivity index (χ4v) is 2.07. The highest BCUT2D eigenvalue weighted by atomic mass is 32.1. The summed E-state index contributed by atoms with van der Waals surface area (Å²) in [5, 5.41) is 10.5. The van der Waals surface area contributed by atoms with Crippen molar-refractivity contribution in [2.45, 2.75) is 0 Å². The van der Waals surface area contributed by atoms with Gasteiger partial charge in [-0.15, -0.1) is 11.3 Å². The van der Waals surface area contributed by atoms with Gasteiger partial charge in [-0.1, -0.05) is 0 Å². The lowest BCUT2D eigenvalue weighted by atomic mass is 10.1. The summed E-state index contributed by atoms with van der Waals surface area (Å²) < 4.78 is 13.7. The standard InChI is InChI=1S/C9H6FNO2S/c10-6-3-14-8-2-5(9(12)13)7(11)1-4(6)8/h1-3H,11H2,(H,12,13). The number of hydrogen-bond acceptors (Lipinski definition) is 3. The van der Waals surface area contributed by atoms with Crippen LogP contribution in [0.3, 0.4) is 0 Å². The van der Waals surface area contributed by atoms with Crippen molar-refractivity contribution >= 4 is 33.1 Å². The topological polar surface area (TPSA) is 63.3 Å². The van der Waals surface area contributed by atoms with Crippen molar-refractivity contribution in [1.29, 1.82) is 0 Å². The number of aromatic carboxylic acids is 1. The molecular weight excluding hydrogens is 205 g/mol. The predicted octanol–water partition coefficient (Wildman–Crippen LogP) is 2.32. The largest absolute Gasteiger partial charge is 0.478 e. The first-order chi connectivity index (χ1) is 6.59. The normalized spacial score (nSPS) is 10.6. The number of fused-ring (bicyclic) bond motifs is 1. The molecule has 1 heterocycles. The van der Waals surface area contributed by atoms with Crippen molar-refractivity contribution in [2.75, 3.05) is 5.73 Å². The minimum atomic E-state index is -1.10. The van der Waals surface area contributed by atoms with Crippen molar-refractivity contribution in [3.63, 3.8) is 0 Å². The Balaban J connectivity index is 2.79. The van der Waals surface area contributed by atoms with Crippen LogP contribution in [0.5, 0.6) is 0 Å². The van der Waals surface area contributed by atoms with Gasteiger partial charge in [-0.05, 0) is 12.1 Å². The molecule has 2 aromatic rings. The monoisotopic (exact) mass is 211 g/mol. The Morgan fingerprint density at radius 2 is 2.21 bits per heavy atom. The second kappa shape index (κ2) is 2.95. The molecule has 0 radical (unpaired) electrons. The van der Waals surface area contributed by atoms with Gasteiger partial charge in [0.05, 0.1) is 5.56 Å². The third-order valence-corrected chi connectivity index (χ3v) is 2.85. The zero-order valence-corrected chi connectivity index (χ0v) is 7.77. The van der Waals surface area contributed by atoms with Crippen LogP contribution in [0.2, 0.25) is 0 Å². The van der Waals surface area contributed by atoms with Crippen LogP contribution in [0.1, 0.15) is 10.4 Å². The predicted molar refractivity (Wildman–Crippen MR) is 53.2 cm³/mol. The maximum absolute atomic E-state index is 13.1. The Kier molecular flexibility index (Phi) is 1.89. The van der Waals surface area contributed by atoms with Gasteiger partial charge < -0.3 is 10.8 Å². The molecule has 0 spiro atoms. The molecule has 0 fully saturated rings. The van der Waals surface area contributed by atoms with Crippen LogP contribution >= 0.6 is 11.3 Å². The van der Waals surface area contributed by atoms with E-state index >= 15 is 0 Å². The molecule has 1 aromatic carbocycles. The number of rotatable bonds is 1. The number of benzene rings is 1. The minimum Gasteiger partial charge on any atom is -0.478 e. The molecule has 5 heteroatoms. The number of carboxylic acids is 1. The van der Waals surface area contributed by atoms with E-state index in [9.17, 15) is 9.18 Å². The molecule has 0 saturated heterocycles. The molecule has 0 bridgehead atoms. The zero-order valence-electron chi connectivity index (χ0n) is 6.95. The van der Waals surface area contributed by atoms with Crippen molar-refractivity contribution in [2.24, 2.45) is 0 Å².